The molecule has 0 aliphatic carbocycles. The summed E-state index contributed by atoms with van der Waals surface area (Å²) >= 11 is 0. The molecule has 0 radical (unpaired) electrons. The van der Waals surface area contributed by atoms with Crippen molar-refractivity contribution in [3.8, 4) is 11.5 Å². The second-order valence-electron chi connectivity index (χ2n) is 7.11. The molecule has 3 rings (SSSR count). The molecule has 156 valence electrons. The van der Waals surface area contributed by atoms with Crippen LogP contribution in [0.5, 0.6) is 11.5 Å². The summed E-state index contributed by atoms with van der Waals surface area (Å²) < 4.78 is 24.3. The molecule has 0 spiro atoms. The molecule has 1 aliphatic rings. The van der Waals surface area contributed by atoms with E-state index in [1.807, 2.05) is 18.2 Å². The number of benzene rings is 2. The molecule has 1 heterocycles. The number of rotatable bonds is 8. The van der Waals surface area contributed by atoms with Crippen LogP contribution in [0.4, 0.5) is 4.39 Å². The number of amides is 1. The SMILES string of the molecule is COc1ccc(CN2CCN(CC(=O)NCc3ccccc3F)CC2)cc1OC. The van der Waals surface area contributed by atoms with Crippen LogP contribution in [0.25, 0.3) is 0 Å². The normalized spacial score (nSPS) is 15.1. The van der Waals surface area contributed by atoms with Gasteiger partial charge in [-0.2, -0.15) is 0 Å². The Hall–Kier alpha value is -2.64. The van der Waals surface area contributed by atoms with Gasteiger partial charge in [0.05, 0.1) is 20.8 Å². The van der Waals surface area contributed by atoms with Crippen LogP contribution >= 0.6 is 0 Å². The second kappa shape index (κ2) is 10.2. The number of nitrogens with zero attached hydrogens (tertiary/aromatic N) is 2. The number of hydrogen-bond acceptors (Lipinski definition) is 5. The molecule has 1 saturated heterocycles. The first-order valence-electron chi connectivity index (χ1n) is 9.74. The Kier molecular flexibility index (Phi) is 7.43. The molecule has 2 aromatic rings. The van der Waals surface area contributed by atoms with Crippen molar-refractivity contribution in [1.82, 2.24) is 15.1 Å². The first-order valence-corrected chi connectivity index (χ1v) is 9.74. The predicted molar refractivity (Wildman–Crippen MR) is 110 cm³/mol. The lowest BCUT2D eigenvalue weighted by atomic mass is 10.1. The Morgan fingerprint density at radius 2 is 1.69 bits per heavy atom. The maximum absolute atomic E-state index is 13.6. The standard InChI is InChI=1S/C22H28FN3O3/c1-28-20-8-7-17(13-21(20)29-2)15-25-9-11-26(12-10-25)16-22(27)24-14-18-5-3-4-6-19(18)23/h3-8,13H,9-12,14-16H2,1-2H3,(H,24,27). The van der Waals surface area contributed by atoms with E-state index in [-0.39, 0.29) is 18.3 Å². The van der Waals surface area contributed by atoms with Gasteiger partial charge in [0.15, 0.2) is 11.5 Å². The molecule has 0 bridgehead atoms. The summed E-state index contributed by atoms with van der Waals surface area (Å²) in [7, 11) is 3.26. The van der Waals surface area contributed by atoms with Gasteiger partial charge in [-0.1, -0.05) is 24.3 Å². The highest BCUT2D eigenvalue weighted by atomic mass is 19.1. The van der Waals surface area contributed by atoms with Gasteiger partial charge in [-0.25, -0.2) is 4.39 Å². The van der Waals surface area contributed by atoms with Crippen LogP contribution in [-0.4, -0.2) is 62.7 Å². The smallest absolute Gasteiger partial charge is 0.234 e. The van der Waals surface area contributed by atoms with Gasteiger partial charge in [0, 0.05) is 44.8 Å². The first-order chi connectivity index (χ1) is 14.1. The third-order valence-corrected chi connectivity index (χ3v) is 5.12. The van der Waals surface area contributed by atoms with E-state index in [1.54, 1.807) is 32.4 Å². The van der Waals surface area contributed by atoms with Crippen LogP contribution in [0, 0.1) is 5.82 Å². The van der Waals surface area contributed by atoms with Gasteiger partial charge in [-0.15, -0.1) is 0 Å². The lowest BCUT2D eigenvalue weighted by molar-refractivity contribution is -0.122. The van der Waals surface area contributed by atoms with Gasteiger partial charge in [-0.05, 0) is 23.8 Å². The quantitative estimate of drug-likeness (QED) is 0.736. The zero-order valence-electron chi connectivity index (χ0n) is 17.0. The van der Waals surface area contributed by atoms with Crippen LogP contribution in [0.2, 0.25) is 0 Å². The Morgan fingerprint density at radius 3 is 2.38 bits per heavy atom. The second-order valence-corrected chi connectivity index (χ2v) is 7.11. The molecular weight excluding hydrogens is 373 g/mol. The van der Waals surface area contributed by atoms with Crippen molar-refractivity contribution in [2.45, 2.75) is 13.1 Å². The summed E-state index contributed by atoms with van der Waals surface area (Å²) in [5.41, 5.74) is 1.67. The Labute approximate surface area is 171 Å². The molecule has 0 aromatic heterocycles. The highest BCUT2D eigenvalue weighted by Gasteiger charge is 2.19. The number of ether oxygens (including phenoxy) is 2. The van der Waals surface area contributed by atoms with E-state index in [0.717, 1.165) is 44.2 Å². The van der Waals surface area contributed by atoms with Crippen molar-refractivity contribution in [3.05, 3.63) is 59.4 Å². The van der Waals surface area contributed by atoms with Gasteiger partial charge in [0.25, 0.3) is 0 Å². The summed E-state index contributed by atoms with van der Waals surface area (Å²) in [6.07, 6.45) is 0. The van der Waals surface area contributed by atoms with Crippen LogP contribution in [0.1, 0.15) is 11.1 Å². The lowest BCUT2D eigenvalue weighted by Gasteiger charge is -2.34. The van der Waals surface area contributed by atoms with Crippen molar-refractivity contribution in [3.63, 3.8) is 0 Å². The molecule has 29 heavy (non-hydrogen) atoms. The molecule has 2 aromatic carbocycles. The highest BCUT2D eigenvalue weighted by molar-refractivity contribution is 5.78. The van der Waals surface area contributed by atoms with Crippen molar-refractivity contribution in [1.29, 1.82) is 0 Å². The fourth-order valence-corrected chi connectivity index (χ4v) is 3.44. The molecule has 0 unspecified atom stereocenters. The number of carbonyl (C=O) groups excluding carboxylic acids is 1. The number of halogens is 1. The number of nitrogens with one attached hydrogen (secondary N) is 1. The van der Waals surface area contributed by atoms with Gasteiger partial charge >= 0.3 is 0 Å². The van der Waals surface area contributed by atoms with Crippen LogP contribution in [0.15, 0.2) is 42.5 Å². The summed E-state index contributed by atoms with van der Waals surface area (Å²) in [6, 6.07) is 12.5. The molecule has 1 aliphatic heterocycles. The fraction of sp³-hybridized carbons (Fsp3) is 0.409. The largest absolute Gasteiger partial charge is 0.493 e. The van der Waals surface area contributed by atoms with E-state index in [1.165, 1.54) is 11.6 Å². The minimum atomic E-state index is -0.295. The molecule has 6 nitrogen and oxygen atoms in total. The van der Waals surface area contributed by atoms with Crippen molar-refractivity contribution < 1.29 is 18.7 Å². The topological polar surface area (TPSA) is 54.0 Å². The summed E-state index contributed by atoms with van der Waals surface area (Å²) in [4.78, 5) is 16.7. The Balaban J connectivity index is 1.42. The van der Waals surface area contributed by atoms with E-state index in [9.17, 15) is 9.18 Å². The van der Waals surface area contributed by atoms with Crippen molar-refractivity contribution >= 4 is 5.91 Å². The van der Waals surface area contributed by atoms with Crippen LogP contribution in [-0.2, 0) is 17.9 Å². The Morgan fingerprint density at radius 1 is 1.00 bits per heavy atom. The minimum absolute atomic E-state index is 0.0819. The average Bonchev–Trinajstić information content (AvgIpc) is 2.74. The molecule has 1 N–H and O–H groups in total. The summed E-state index contributed by atoms with van der Waals surface area (Å²) in [5.74, 6) is 1.08. The molecule has 0 atom stereocenters. The third kappa shape index (κ3) is 5.92. The summed E-state index contributed by atoms with van der Waals surface area (Å²) in [6.45, 7) is 4.78. The molecule has 0 saturated carbocycles. The van der Waals surface area contributed by atoms with E-state index < -0.39 is 0 Å². The van der Waals surface area contributed by atoms with Crippen molar-refractivity contribution in [2.24, 2.45) is 0 Å². The van der Waals surface area contributed by atoms with E-state index in [0.29, 0.717) is 12.1 Å². The minimum Gasteiger partial charge on any atom is -0.493 e. The van der Waals surface area contributed by atoms with E-state index in [4.69, 9.17) is 9.47 Å². The van der Waals surface area contributed by atoms with Gasteiger partial charge in [0.1, 0.15) is 5.82 Å². The number of hydrogen-bond donors (Lipinski definition) is 1. The molecule has 1 fully saturated rings. The first kappa shape index (κ1) is 21.1. The third-order valence-electron chi connectivity index (χ3n) is 5.12. The number of piperazine rings is 1. The van der Waals surface area contributed by atoms with Crippen LogP contribution in [0.3, 0.4) is 0 Å². The van der Waals surface area contributed by atoms with Gasteiger partial charge in [0.2, 0.25) is 5.91 Å². The highest BCUT2D eigenvalue weighted by Crippen LogP contribution is 2.28. The maximum Gasteiger partial charge on any atom is 0.234 e. The fourth-order valence-electron chi connectivity index (χ4n) is 3.44. The summed E-state index contributed by atoms with van der Waals surface area (Å²) in [5, 5.41) is 2.80. The molecular formula is C22H28FN3O3. The van der Waals surface area contributed by atoms with Gasteiger partial charge in [-0.3, -0.25) is 14.6 Å². The number of carbonyl (C=O) groups is 1. The number of methoxy groups -OCH3 is 2. The van der Waals surface area contributed by atoms with E-state index >= 15 is 0 Å². The van der Waals surface area contributed by atoms with E-state index in [2.05, 4.69) is 15.1 Å². The van der Waals surface area contributed by atoms with Gasteiger partial charge < -0.3 is 14.8 Å². The Bertz CT molecular complexity index is 823. The predicted octanol–water partition coefficient (Wildman–Crippen LogP) is 2.28. The zero-order valence-corrected chi connectivity index (χ0v) is 17.0. The molecule has 1 amide bonds. The lowest BCUT2D eigenvalue weighted by Crippen LogP contribution is -2.49. The maximum atomic E-state index is 13.6. The zero-order chi connectivity index (χ0) is 20.6. The monoisotopic (exact) mass is 401 g/mol. The van der Waals surface area contributed by atoms with Crippen LogP contribution < -0.4 is 14.8 Å². The van der Waals surface area contributed by atoms with Crippen molar-refractivity contribution in [2.75, 3.05) is 46.9 Å². The average molecular weight is 401 g/mol. The molecule has 7 heteroatoms.